The van der Waals surface area contributed by atoms with Crippen LogP contribution in [0.25, 0.3) is 11.4 Å². The van der Waals surface area contributed by atoms with Crippen molar-refractivity contribution < 1.29 is 9.45 Å². The van der Waals surface area contributed by atoms with Crippen molar-refractivity contribution in [3.63, 3.8) is 0 Å². The average Bonchev–Trinajstić information content (AvgIpc) is 2.94. The summed E-state index contributed by atoms with van der Waals surface area (Å²) in [6, 6.07) is 5.77. The highest BCUT2D eigenvalue weighted by Crippen LogP contribution is 2.23. The van der Waals surface area contributed by atoms with Crippen molar-refractivity contribution in [3.05, 3.63) is 40.3 Å². The van der Waals surface area contributed by atoms with Gasteiger partial charge in [0.25, 0.3) is 5.69 Å². The first-order valence-electron chi connectivity index (χ1n) is 5.94. The second kappa shape index (κ2) is 6.49. The third-order valence-corrected chi connectivity index (χ3v) is 3.35. The van der Waals surface area contributed by atoms with Crippen molar-refractivity contribution >= 4 is 17.4 Å². The molecule has 0 saturated heterocycles. The minimum Gasteiger partial charge on any atom is -0.337 e. The lowest BCUT2D eigenvalue weighted by Gasteiger charge is -2.03. The summed E-state index contributed by atoms with van der Waals surface area (Å²) in [5.74, 6) is 1.55. The first kappa shape index (κ1) is 14.5. The maximum atomic E-state index is 10.7. The monoisotopic (exact) mass is 294 g/mol. The summed E-state index contributed by atoms with van der Waals surface area (Å²) in [6.07, 6.45) is 2.73. The highest BCUT2D eigenvalue weighted by molar-refractivity contribution is 7.98. The Kier molecular flexibility index (Phi) is 4.70. The zero-order valence-corrected chi connectivity index (χ0v) is 11.7. The molecule has 1 heterocycles. The lowest BCUT2D eigenvalue weighted by atomic mass is 10.2. The van der Waals surface area contributed by atoms with Crippen LogP contribution < -0.4 is 5.73 Å². The molecule has 0 radical (unpaired) electrons. The number of nitro benzene ring substituents is 1. The van der Waals surface area contributed by atoms with Crippen molar-refractivity contribution in [1.29, 1.82) is 0 Å². The summed E-state index contributed by atoms with van der Waals surface area (Å²) in [7, 11) is 0. The molecule has 0 aliphatic rings. The first-order chi connectivity index (χ1) is 9.61. The Morgan fingerprint density at radius 1 is 1.55 bits per heavy atom. The highest BCUT2D eigenvalue weighted by atomic mass is 32.2. The zero-order chi connectivity index (χ0) is 14.5. The predicted octanol–water partition coefficient (Wildman–Crippen LogP) is 2.40. The van der Waals surface area contributed by atoms with Gasteiger partial charge >= 0.3 is 0 Å². The third-order valence-electron chi connectivity index (χ3n) is 2.71. The smallest absolute Gasteiger partial charge is 0.270 e. The number of thioether (sulfide) groups is 1. The number of nitro groups is 1. The van der Waals surface area contributed by atoms with E-state index in [0.717, 1.165) is 12.2 Å². The van der Waals surface area contributed by atoms with Gasteiger partial charge in [-0.2, -0.15) is 16.7 Å². The Morgan fingerprint density at radius 3 is 3.05 bits per heavy atom. The summed E-state index contributed by atoms with van der Waals surface area (Å²) < 4.78 is 5.11. The molecule has 106 valence electrons. The van der Waals surface area contributed by atoms with Crippen LogP contribution in [-0.4, -0.2) is 27.1 Å². The Hall–Kier alpha value is -1.93. The number of nitrogens with zero attached hydrogens (tertiary/aromatic N) is 3. The van der Waals surface area contributed by atoms with E-state index in [2.05, 4.69) is 10.1 Å². The van der Waals surface area contributed by atoms with Gasteiger partial charge in [0.1, 0.15) is 0 Å². The molecule has 0 spiro atoms. The van der Waals surface area contributed by atoms with E-state index in [4.69, 9.17) is 10.3 Å². The van der Waals surface area contributed by atoms with E-state index in [-0.39, 0.29) is 11.7 Å². The maximum Gasteiger partial charge on any atom is 0.270 e. The molecule has 1 unspecified atom stereocenters. The van der Waals surface area contributed by atoms with Crippen molar-refractivity contribution in [3.8, 4) is 11.4 Å². The number of hydrogen-bond donors (Lipinski definition) is 1. The average molecular weight is 294 g/mol. The van der Waals surface area contributed by atoms with Crippen LogP contribution in [0.5, 0.6) is 0 Å². The Morgan fingerprint density at radius 2 is 2.35 bits per heavy atom. The van der Waals surface area contributed by atoms with E-state index in [1.807, 2.05) is 6.26 Å². The minimum absolute atomic E-state index is 0.0134. The van der Waals surface area contributed by atoms with Crippen LogP contribution in [0.3, 0.4) is 0 Å². The Labute approximate surface area is 119 Å². The van der Waals surface area contributed by atoms with Gasteiger partial charge < -0.3 is 10.3 Å². The lowest BCUT2D eigenvalue weighted by molar-refractivity contribution is -0.384. The summed E-state index contributed by atoms with van der Waals surface area (Å²) in [6.45, 7) is 0. The van der Waals surface area contributed by atoms with E-state index in [0.29, 0.717) is 17.3 Å². The van der Waals surface area contributed by atoms with Crippen molar-refractivity contribution in [2.45, 2.75) is 12.5 Å². The highest BCUT2D eigenvalue weighted by Gasteiger charge is 2.16. The van der Waals surface area contributed by atoms with Crippen LogP contribution in [0.4, 0.5) is 5.69 Å². The number of hydrogen-bond acceptors (Lipinski definition) is 7. The maximum absolute atomic E-state index is 10.7. The van der Waals surface area contributed by atoms with E-state index in [1.165, 1.54) is 12.1 Å². The van der Waals surface area contributed by atoms with Gasteiger partial charge in [-0.3, -0.25) is 10.1 Å². The fourth-order valence-corrected chi connectivity index (χ4v) is 2.12. The number of benzene rings is 1. The van der Waals surface area contributed by atoms with Crippen LogP contribution in [0.15, 0.2) is 28.8 Å². The Bertz CT molecular complexity index is 602. The van der Waals surface area contributed by atoms with Gasteiger partial charge in [0.15, 0.2) is 0 Å². The quantitative estimate of drug-likeness (QED) is 0.643. The van der Waals surface area contributed by atoms with Gasteiger partial charge in [0.05, 0.1) is 11.0 Å². The molecule has 0 bridgehead atoms. The summed E-state index contributed by atoms with van der Waals surface area (Å²) in [4.78, 5) is 14.5. The number of non-ortho nitro benzene ring substituents is 1. The molecule has 2 aromatic rings. The minimum atomic E-state index is -0.464. The molecule has 0 aliphatic heterocycles. The lowest BCUT2D eigenvalue weighted by Crippen LogP contribution is -2.11. The molecule has 1 aromatic carbocycles. The van der Waals surface area contributed by atoms with E-state index < -0.39 is 4.92 Å². The predicted molar refractivity (Wildman–Crippen MR) is 76.3 cm³/mol. The van der Waals surface area contributed by atoms with Gasteiger partial charge in [0, 0.05) is 17.7 Å². The standard InChI is InChI=1S/C12H14N4O3S/c1-20-6-5-10(13)12-14-11(15-19-12)8-3-2-4-9(7-8)16(17)18/h2-4,7,10H,5-6,13H2,1H3. The normalized spacial score (nSPS) is 12.3. The van der Waals surface area contributed by atoms with E-state index >= 15 is 0 Å². The first-order valence-corrected chi connectivity index (χ1v) is 7.34. The molecule has 20 heavy (non-hydrogen) atoms. The number of nitrogens with two attached hydrogens (primary N) is 1. The number of rotatable bonds is 6. The van der Waals surface area contributed by atoms with Crippen molar-refractivity contribution in [2.75, 3.05) is 12.0 Å². The molecule has 2 N–H and O–H groups in total. The topological polar surface area (TPSA) is 108 Å². The second-order valence-electron chi connectivity index (χ2n) is 4.15. The van der Waals surface area contributed by atoms with Crippen molar-refractivity contribution in [1.82, 2.24) is 10.1 Å². The van der Waals surface area contributed by atoms with Gasteiger partial charge in [-0.15, -0.1) is 0 Å². The van der Waals surface area contributed by atoms with Crippen LogP contribution in [0, 0.1) is 10.1 Å². The molecule has 0 aliphatic carbocycles. The van der Waals surface area contributed by atoms with Crippen LogP contribution in [0.2, 0.25) is 0 Å². The molecule has 0 amide bonds. The molecular weight excluding hydrogens is 280 g/mol. The second-order valence-corrected chi connectivity index (χ2v) is 5.14. The molecular formula is C12H14N4O3S. The molecule has 1 aromatic heterocycles. The summed E-state index contributed by atoms with van der Waals surface area (Å²) in [5, 5.41) is 14.6. The van der Waals surface area contributed by atoms with E-state index in [1.54, 1.807) is 23.9 Å². The largest absolute Gasteiger partial charge is 0.337 e. The SMILES string of the molecule is CSCCC(N)c1nc(-c2cccc([N+](=O)[O-])c2)no1. The van der Waals surface area contributed by atoms with E-state index in [9.17, 15) is 10.1 Å². The number of aromatic nitrogens is 2. The molecule has 0 saturated carbocycles. The molecule has 1 atom stereocenters. The molecule has 8 heteroatoms. The van der Waals surface area contributed by atoms with Crippen LogP contribution in [0.1, 0.15) is 18.4 Å². The Balaban J connectivity index is 2.20. The summed E-state index contributed by atoms with van der Waals surface area (Å²) >= 11 is 1.69. The van der Waals surface area contributed by atoms with Gasteiger partial charge in [-0.05, 0) is 18.4 Å². The zero-order valence-electron chi connectivity index (χ0n) is 10.9. The molecule has 2 rings (SSSR count). The fraction of sp³-hybridized carbons (Fsp3) is 0.333. The van der Waals surface area contributed by atoms with Gasteiger partial charge in [-0.1, -0.05) is 17.3 Å². The van der Waals surface area contributed by atoms with Gasteiger partial charge in [0.2, 0.25) is 11.7 Å². The molecule has 0 fully saturated rings. The van der Waals surface area contributed by atoms with Crippen LogP contribution in [-0.2, 0) is 0 Å². The fourth-order valence-electron chi connectivity index (χ4n) is 1.63. The third kappa shape index (κ3) is 3.34. The summed E-state index contributed by atoms with van der Waals surface area (Å²) in [5.41, 5.74) is 6.45. The van der Waals surface area contributed by atoms with Crippen LogP contribution >= 0.6 is 11.8 Å². The van der Waals surface area contributed by atoms with Gasteiger partial charge in [-0.25, -0.2) is 0 Å². The molecule has 7 nitrogen and oxygen atoms in total. The van der Waals surface area contributed by atoms with Crippen molar-refractivity contribution in [2.24, 2.45) is 5.73 Å².